The molecule has 2 aromatic carbocycles. The van der Waals surface area contributed by atoms with E-state index in [4.69, 9.17) is 16.0 Å². The lowest BCUT2D eigenvalue weighted by Gasteiger charge is -2.12. The molecule has 0 unspecified atom stereocenters. The van der Waals surface area contributed by atoms with Gasteiger partial charge in [-0.2, -0.15) is 0 Å². The topological polar surface area (TPSA) is 33.4 Å². The standard InChI is InChI=1S/C17H13ClO2/c1-11-5-2-7-13(17(11)19)12-6-3-8-14(18)16(12)15-9-4-10-20-15/h2-10,19H,1H3. The number of hydrogen-bond donors (Lipinski definition) is 1. The Kier molecular flexibility index (Phi) is 3.25. The van der Waals surface area contributed by atoms with Crippen LogP contribution in [-0.2, 0) is 0 Å². The number of phenols is 1. The zero-order valence-electron chi connectivity index (χ0n) is 10.9. The molecule has 3 aromatic rings. The summed E-state index contributed by atoms with van der Waals surface area (Å²) in [6.45, 7) is 1.87. The van der Waals surface area contributed by atoms with Crippen molar-refractivity contribution in [3.8, 4) is 28.2 Å². The van der Waals surface area contributed by atoms with Crippen molar-refractivity contribution in [2.24, 2.45) is 0 Å². The van der Waals surface area contributed by atoms with Crippen LogP contribution in [0.5, 0.6) is 5.75 Å². The van der Waals surface area contributed by atoms with Gasteiger partial charge in [-0.3, -0.25) is 0 Å². The fourth-order valence-corrected chi connectivity index (χ4v) is 2.56. The van der Waals surface area contributed by atoms with E-state index in [0.717, 1.165) is 22.3 Å². The lowest BCUT2D eigenvalue weighted by Crippen LogP contribution is -1.87. The van der Waals surface area contributed by atoms with Gasteiger partial charge in [0.25, 0.3) is 0 Å². The van der Waals surface area contributed by atoms with Crippen LogP contribution >= 0.6 is 11.6 Å². The van der Waals surface area contributed by atoms with Gasteiger partial charge < -0.3 is 9.52 Å². The van der Waals surface area contributed by atoms with Gasteiger partial charge in [-0.15, -0.1) is 0 Å². The van der Waals surface area contributed by atoms with Gasteiger partial charge in [0.05, 0.1) is 11.3 Å². The van der Waals surface area contributed by atoms with Crippen LogP contribution in [0.25, 0.3) is 22.5 Å². The van der Waals surface area contributed by atoms with E-state index < -0.39 is 0 Å². The number of halogens is 1. The van der Waals surface area contributed by atoms with Crippen molar-refractivity contribution in [2.45, 2.75) is 6.92 Å². The fourth-order valence-electron chi connectivity index (χ4n) is 2.30. The zero-order chi connectivity index (χ0) is 14.1. The molecule has 0 saturated carbocycles. The summed E-state index contributed by atoms with van der Waals surface area (Å²) in [6, 6.07) is 14.9. The van der Waals surface area contributed by atoms with E-state index in [0.29, 0.717) is 10.8 Å². The van der Waals surface area contributed by atoms with Gasteiger partial charge >= 0.3 is 0 Å². The quantitative estimate of drug-likeness (QED) is 0.694. The van der Waals surface area contributed by atoms with Gasteiger partial charge in [-0.25, -0.2) is 0 Å². The van der Waals surface area contributed by atoms with Crippen LogP contribution in [0.2, 0.25) is 5.02 Å². The number of hydrogen-bond acceptors (Lipinski definition) is 2. The highest BCUT2D eigenvalue weighted by Crippen LogP contribution is 2.41. The third kappa shape index (κ3) is 2.08. The molecule has 0 radical (unpaired) electrons. The molecular weight excluding hydrogens is 272 g/mol. The lowest BCUT2D eigenvalue weighted by molar-refractivity contribution is 0.473. The molecule has 0 fully saturated rings. The second kappa shape index (κ2) is 5.06. The van der Waals surface area contributed by atoms with E-state index in [2.05, 4.69) is 0 Å². The van der Waals surface area contributed by atoms with Crippen LogP contribution in [-0.4, -0.2) is 5.11 Å². The molecule has 20 heavy (non-hydrogen) atoms. The third-order valence-electron chi connectivity index (χ3n) is 3.31. The van der Waals surface area contributed by atoms with Gasteiger partial charge in [-0.1, -0.05) is 41.9 Å². The van der Waals surface area contributed by atoms with Crippen molar-refractivity contribution in [1.82, 2.24) is 0 Å². The Morgan fingerprint density at radius 1 is 0.950 bits per heavy atom. The molecule has 100 valence electrons. The molecule has 0 aliphatic rings. The second-order valence-corrected chi connectivity index (χ2v) is 5.02. The van der Waals surface area contributed by atoms with E-state index in [9.17, 15) is 5.11 Å². The molecule has 0 atom stereocenters. The number of benzene rings is 2. The first kappa shape index (κ1) is 12.8. The highest BCUT2D eigenvalue weighted by molar-refractivity contribution is 6.34. The molecule has 1 heterocycles. The average molecular weight is 285 g/mol. The van der Waals surface area contributed by atoms with Crippen molar-refractivity contribution in [3.63, 3.8) is 0 Å². The van der Waals surface area contributed by atoms with Crippen molar-refractivity contribution < 1.29 is 9.52 Å². The highest BCUT2D eigenvalue weighted by atomic mass is 35.5. The Morgan fingerprint density at radius 2 is 1.70 bits per heavy atom. The second-order valence-electron chi connectivity index (χ2n) is 4.61. The molecule has 2 nitrogen and oxygen atoms in total. The van der Waals surface area contributed by atoms with Crippen LogP contribution in [0.15, 0.2) is 59.2 Å². The molecule has 3 rings (SSSR count). The third-order valence-corrected chi connectivity index (χ3v) is 3.62. The Morgan fingerprint density at radius 3 is 2.45 bits per heavy atom. The van der Waals surface area contributed by atoms with Crippen molar-refractivity contribution in [3.05, 3.63) is 65.4 Å². The summed E-state index contributed by atoms with van der Waals surface area (Å²) in [6.07, 6.45) is 1.61. The Bertz CT molecular complexity index is 746. The summed E-state index contributed by atoms with van der Waals surface area (Å²) >= 11 is 6.32. The molecule has 3 heteroatoms. The number of para-hydroxylation sites is 1. The van der Waals surface area contributed by atoms with Gasteiger partial charge in [0.2, 0.25) is 0 Å². The van der Waals surface area contributed by atoms with E-state index in [-0.39, 0.29) is 5.75 Å². The van der Waals surface area contributed by atoms with Crippen molar-refractivity contribution in [2.75, 3.05) is 0 Å². The Labute approximate surface area is 122 Å². The van der Waals surface area contributed by atoms with Crippen molar-refractivity contribution >= 4 is 11.6 Å². The summed E-state index contributed by atoms with van der Waals surface area (Å²) in [4.78, 5) is 0. The van der Waals surface area contributed by atoms with Gasteiger partial charge in [0.15, 0.2) is 0 Å². The zero-order valence-corrected chi connectivity index (χ0v) is 11.7. The molecule has 1 N–H and O–H groups in total. The van der Waals surface area contributed by atoms with E-state index in [1.165, 1.54) is 0 Å². The smallest absolute Gasteiger partial charge is 0.135 e. The largest absolute Gasteiger partial charge is 0.507 e. The molecule has 0 bridgehead atoms. The van der Waals surface area contributed by atoms with Gasteiger partial charge in [0.1, 0.15) is 11.5 Å². The molecule has 0 amide bonds. The minimum atomic E-state index is 0.266. The minimum Gasteiger partial charge on any atom is -0.507 e. The number of phenolic OH excluding ortho intramolecular Hbond substituents is 1. The van der Waals surface area contributed by atoms with Crippen LogP contribution in [0.4, 0.5) is 0 Å². The van der Waals surface area contributed by atoms with Gasteiger partial charge in [0, 0.05) is 11.1 Å². The first-order valence-electron chi connectivity index (χ1n) is 6.30. The molecule has 0 saturated heterocycles. The summed E-state index contributed by atoms with van der Waals surface area (Å²) in [5, 5.41) is 10.9. The first-order chi connectivity index (χ1) is 9.68. The SMILES string of the molecule is Cc1cccc(-c2cccc(Cl)c2-c2ccco2)c1O. The maximum Gasteiger partial charge on any atom is 0.135 e. The number of aromatic hydroxyl groups is 1. The molecule has 1 aromatic heterocycles. The summed E-state index contributed by atoms with van der Waals surface area (Å²) in [7, 11) is 0. The predicted molar refractivity (Wildman–Crippen MR) is 81.0 cm³/mol. The summed E-state index contributed by atoms with van der Waals surface area (Å²) in [5.41, 5.74) is 3.22. The number of aryl methyl sites for hydroxylation is 1. The van der Waals surface area contributed by atoms with E-state index in [1.807, 2.05) is 55.5 Å². The fraction of sp³-hybridized carbons (Fsp3) is 0.0588. The maximum atomic E-state index is 10.3. The highest BCUT2D eigenvalue weighted by Gasteiger charge is 2.16. The summed E-state index contributed by atoms with van der Waals surface area (Å²) in [5.74, 6) is 0.953. The van der Waals surface area contributed by atoms with E-state index >= 15 is 0 Å². The minimum absolute atomic E-state index is 0.266. The number of furan rings is 1. The van der Waals surface area contributed by atoms with Crippen LogP contribution < -0.4 is 0 Å². The van der Waals surface area contributed by atoms with Crippen molar-refractivity contribution in [1.29, 1.82) is 0 Å². The molecular formula is C17H13ClO2. The molecule has 0 aliphatic heterocycles. The van der Waals surface area contributed by atoms with Crippen LogP contribution in [0.3, 0.4) is 0 Å². The van der Waals surface area contributed by atoms with Crippen LogP contribution in [0, 0.1) is 6.92 Å². The summed E-state index contributed by atoms with van der Waals surface area (Å²) < 4.78 is 5.47. The normalized spacial score (nSPS) is 10.7. The first-order valence-corrected chi connectivity index (χ1v) is 6.67. The Hall–Kier alpha value is -2.19. The van der Waals surface area contributed by atoms with Gasteiger partial charge in [-0.05, 0) is 36.2 Å². The Balaban J connectivity index is 2.30. The predicted octanol–water partition coefficient (Wildman–Crippen LogP) is 5.28. The monoisotopic (exact) mass is 284 g/mol. The molecule has 0 aliphatic carbocycles. The lowest BCUT2D eigenvalue weighted by atomic mass is 9.96. The van der Waals surface area contributed by atoms with Crippen LogP contribution in [0.1, 0.15) is 5.56 Å². The number of rotatable bonds is 2. The average Bonchev–Trinajstić information content (AvgIpc) is 2.95. The van der Waals surface area contributed by atoms with E-state index in [1.54, 1.807) is 6.26 Å². The molecule has 0 spiro atoms. The maximum absolute atomic E-state index is 10.3.